The summed E-state index contributed by atoms with van der Waals surface area (Å²) in [6, 6.07) is 7.27. The van der Waals surface area contributed by atoms with Crippen LogP contribution in [0.2, 0.25) is 0 Å². The van der Waals surface area contributed by atoms with Crippen LogP contribution in [0, 0.1) is 5.82 Å². The highest BCUT2D eigenvalue weighted by Gasteiger charge is 2.14. The minimum atomic E-state index is -0.134. The van der Waals surface area contributed by atoms with Crippen molar-refractivity contribution in [3.05, 3.63) is 35.6 Å². The van der Waals surface area contributed by atoms with Crippen molar-refractivity contribution in [3.8, 4) is 0 Å². The lowest BCUT2D eigenvalue weighted by Crippen LogP contribution is -2.37. The zero-order chi connectivity index (χ0) is 12.7. The van der Waals surface area contributed by atoms with Gasteiger partial charge >= 0.3 is 0 Å². The van der Waals surface area contributed by atoms with E-state index in [0.717, 1.165) is 12.0 Å². The first-order chi connectivity index (χ1) is 8.19. The topological polar surface area (TPSA) is 29.3 Å². The summed E-state index contributed by atoms with van der Waals surface area (Å²) in [7, 11) is 2.01. The molecule has 0 aliphatic rings. The molecule has 0 aliphatic carbocycles. The number of benzene rings is 1. The van der Waals surface area contributed by atoms with Gasteiger partial charge in [-0.15, -0.1) is 0 Å². The van der Waals surface area contributed by atoms with Crippen LogP contribution < -0.4 is 5.73 Å². The third-order valence-electron chi connectivity index (χ3n) is 3.16. The van der Waals surface area contributed by atoms with Gasteiger partial charge in [-0.1, -0.05) is 38.0 Å². The number of likely N-dealkylation sites (N-methyl/N-ethyl adjacent to an activating group) is 1. The Balaban J connectivity index is 2.57. The molecule has 0 amide bonds. The summed E-state index contributed by atoms with van der Waals surface area (Å²) in [5.41, 5.74) is 6.51. The average molecular weight is 238 g/mol. The molecule has 1 rings (SSSR count). The monoisotopic (exact) mass is 238 g/mol. The molecule has 3 heteroatoms. The molecule has 0 aromatic heterocycles. The summed E-state index contributed by atoms with van der Waals surface area (Å²) < 4.78 is 13.5. The molecule has 0 aliphatic heterocycles. The van der Waals surface area contributed by atoms with E-state index in [-0.39, 0.29) is 5.82 Å². The molecule has 0 radical (unpaired) electrons. The standard InChI is InChI=1S/C14H23FN2/c1-3-4-8-13(10-16)17(2)11-12-7-5-6-9-14(12)15/h5-7,9,13H,3-4,8,10-11,16H2,1-2H3. The molecule has 2 N–H and O–H groups in total. The third-order valence-corrected chi connectivity index (χ3v) is 3.16. The highest BCUT2D eigenvalue weighted by molar-refractivity contribution is 5.17. The smallest absolute Gasteiger partial charge is 0.127 e. The van der Waals surface area contributed by atoms with E-state index in [9.17, 15) is 4.39 Å². The number of nitrogens with two attached hydrogens (primary N) is 1. The first-order valence-corrected chi connectivity index (χ1v) is 6.32. The Morgan fingerprint density at radius 1 is 1.35 bits per heavy atom. The van der Waals surface area contributed by atoms with E-state index >= 15 is 0 Å². The molecule has 0 bridgehead atoms. The van der Waals surface area contributed by atoms with Crippen LogP contribution in [-0.4, -0.2) is 24.5 Å². The maximum Gasteiger partial charge on any atom is 0.127 e. The minimum absolute atomic E-state index is 0.134. The Morgan fingerprint density at radius 3 is 2.65 bits per heavy atom. The van der Waals surface area contributed by atoms with E-state index in [1.165, 1.54) is 18.9 Å². The molecular weight excluding hydrogens is 215 g/mol. The Hall–Kier alpha value is -0.930. The van der Waals surface area contributed by atoms with Gasteiger partial charge in [-0.25, -0.2) is 4.39 Å². The van der Waals surface area contributed by atoms with Crippen molar-refractivity contribution in [1.82, 2.24) is 4.90 Å². The first-order valence-electron chi connectivity index (χ1n) is 6.32. The van der Waals surface area contributed by atoms with Crippen molar-refractivity contribution in [2.75, 3.05) is 13.6 Å². The Labute approximate surface area is 104 Å². The van der Waals surface area contributed by atoms with Crippen molar-refractivity contribution < 1.29 is 4.39 Å². The van der Waals surface area contributed by atoms with E-state index in [1.54, 1.807) is 6.07 Å². The van der Waals surface area contributed by atoms with E-state index in [4.69, 9.17) is 5.73 Å². The predicted molar refractivity (Wildman–Crippen MR) is 70.2 cm³/mol. The Bertz CT molecular complexity index is 328. The van der Waals surface area contributed by atoms with Gasteiger partial charge in [-0.3, -0.25) is 4.90 Å². The molecule has 1 aromatic rings. The SMILES string of the molecule is CCCCC(CN)N(C)Cc1ccccc1F. The number of halogens is 1. The number of rotatable bonds is 7. The van der Waals surface area contributed by atoms with Gasteiger partial charge in [0, 0.05) is 24.7 Å². The molecule has 0 heterocycles. The van der Waals surface area contributed by atoms with Gasteiger partial charge in [-0.05, 0) is 19.5 Å². The van der Waals surface area contributed by atoms with Crippen LogP contribution in [0.5, 0.6) is 0 Å². The third kappa shape index (κ3) is 4.44. The summed E-state index contributed by atoms with van der Waals surface area (Å²) in [5, 5.41) is 0. The largest absolute Gasteiger partial charge is 0.329 e. The van der Waals surface area contributed by atoms with Gasteiger partial charge in [0.2, 0.25) is 0 Å². The van der Waals surface area contributed by atoms with Gasteiger partial charge in [0.05, 0.1) is 0 Å². The summed E-state index contributed by atoms with van der Waals surface area (Å²) in [4.78, 5) is 2.15. The Morgan fingerprint density at radius 2 is 2.06 bits per heavy atom. The van der Waals surface area contributed by atoms with Crippen LogP contribution >= 0.6 is 0 Å². The second-order valence-corrected chi connectivity index (χ2v) is 4.54. The maximum atomic E-state index is 13.5. The second kappa shape index (κ2) is 7.41. The molecule has 0 fully saturated rings. The van der Waals surface area contributed by atoms with E-state index < -0.39 is 0 Å². The normalized spacial score (nSPS) is 13.0. The fraction of sp³-hybridized carbons (Fsp3) is 0.571. The zero-order valence-electron chi connectivity index (χ0n) is 10.8. The maximum absolute atomic E-state index is 13.5. The molecule has 2 nitrogen and oxygen atoms in total. The molecule has 17 heavy (non-hydrogen) atoms. The predicted octanol–water partition coefficient (Wildman–Crippen LogP) is 2.78. The van der Waals surface area contributed by atoms with Crippen LogP contribution in [0.15, 0.2) is 24.3 Å². The minimum Gasteiger partial charge on any atom is -0.329 e. The molecule has 1 atom stereocenters. The Kier molecular flexibility index (Phi) is 6.16. The molecule has 1 unspecified atom stereocenters. The van der Waals surface area contributed by atoms with Crippen molar-refractivity contribution in [3.63, 3.8) is 0 Å². The summed E-state index contributed by atoms with van der Waals surface area (Å²) >= 11 is 0. The zero-order valence-corrected chi connectivity index (χ0v) is 10.8. The number of nitrogens with zero attached hydrogens (tertiary/aromatic N) is 1. The number of hydrogen-bond donors (Lipinski definition) is 1. The quantitative estimate of drug-likeness (QED) is 0.791. The van der Waals surface area contributed by atoms with E-state index in [1.807, 2.05) is 19.2 Å². The summed E-state index contributed by atoms with van der Waals surface area (Å²) in [6.07, 6.45) is 3.42. The first kappa shape index (κ1) is 14.1. The summed E-state index contributed by atoms with van der Waals surface area (Å²) in [6.45, 7) is 3.42. The van der Waals surface area contributed by atoms with Crippen molar-refractivity contribution in [2.45, 2.75) is 38.8 Å². The fourth-order valence-corrected chi connectivity index (χ4v) is 1.98. The summed E-state index contributed by atoms with van der Waals surface area (Å²) in [5.74, 6) is -0.134. The molecule has 0 spiro atoms. The van der Waals surface area contributed by atoms with Gasteiger partial charge < -0.3 is 5.73 Å². The second-order valence-electron chi connectivity index (χ2n) is 4.54. The van der Waals surface area contributed by atoms with Gasteiger partial charge in [-0.2, -0.15) is 0 Å². The van der Waals surface area contributed by atoms with Gasteiger partial charge in [0.25, 0.3) is 0 Å². The van der Waals surface area contributed by atoms with Crippen LogP contribution in [0.25, 0.3) is 0 Å². The van der Waals surface area contributed by atoms with E-state index in [0.29, 0.717) is 19.1 Å². The molecule has 96 valence electrons. The van der Waals surface area contributed by atoms with Crippen LogP contribution in [-0.2, 0) is 6.54 Å². The molecule has 0 saturated carbocycles. The van der Waals surface area contributed by atoms with Gasteiger partial charge in [0.15, 0.2) is 0 Å². The van der Waals surface area contributed by atoms with Crippen molar-refractivity contribution >= 4 is 0 Å². The van der Waals surface area contributed by atoms with Crippen molar-refractivity contribution in [2.24, 2.45) is 5.73 Å². The number of hydrogen-bond acceptors (Lipinski definition) is 2. The lowest BCUT2D eigenvalue weighted by Gasteiger charge is -2.27. The highest BCUT2D eigenvalue weighted by Crippen LogP contribution is 2.13. The highest BCUT2D eigenvalue weighted by atomic mass is 19.1. The average Bonchev–Trinajstić information content (AvgIpc) is 2.33. The number of unbranched alkanes of at least 4 members (excludes halogenated alkanes) is 1. The van der Waals surface area contributed by atoms with Crippen LogP contribution in [0.1, 0.15) is 31.7 Å². The molecule has 0 saturated heterocycles. The van der Waals surface area contributed by atoms with Crippen LogP contribution in [0.4, 0.5) is 4.39 Å². The molecule has 1 aromatic carbocycles. The molecular formula is C14H23FN2. The van der Waals surface area contributed by atoms with Crippen molar-refractivity contribution in [1.29, 1.82) is 0 Å². The lowest BCUT2D eigenvalue weighted by atomic mass is 10.1. The fourth-order valence-electron chi connectivity index (χ4n) is 1.98. The van der Waals surface area contributed by atoms with Gasteiger partial charge in [0.1, 0.15) is 5.82 Å². The van der Waals surface area contributed by atoms with E-state index in [2.05, 4.69) is 11.8 Å². The lowest BCUT2D eigenvalue weighted by molar-refractivity contribution is 0.221. The van der Waals surface area contributed by atoms with Crippen LogP contribution in [0.3, 0.4) is 0 Å².